The Bertz CT molecular complexity index is 890. The molecule has 2 aromatic carbocycles. The van der Waals surface area contributed by atoms with Gasteiger partial charge in [0, 0.05) is 24.5 Å². The van der Waals surface area contributed by atoms with Crippen molar-refractivity contribution in [3.8, 4) is 5.75 Å². The molecular formula is C22H24N2O4. The Hall–Kier alpha value is -2.86. The molecule has 2 amide bonds. The maximum Gasteiger partial charge on any atom is 0.262 e. The van der Waals surface area contributed by atoms with Gasteiger partial charge in [0.25, 0.3) is 11.8 Å². The number of rotatable bonds is 5. The lowest BCUT2D eigenvalue weighted by Gasteiger charge is -2.21. The highest BCUT2D eigenvalue weighted by Crippen LogP contribution is 2.32. The highest BCUT2D eigenvalue weighted by atomic mass is 16.5. The minimum atomic E-state index is -0.341. The van der Waals surface area contributed by atoms with Gasteiger partial charge in [-0.2, -0.15) is 0 Å². The third-order valence-corrected chi connectivity index (χ3v) is 5.19. The van der Waals surface area contributed by atoms with Crippen molar-refractivity contribution in [1.29, 1.82) is 0 Å². The minimum Gasteiger partial charge on any atom is -0.483 e. The first-order chi connectivity index (χ1) is 13.6. The van der Waals surface area contributed by atoms with Crippen LogP contribution in [0.3, 0.4) is 0 Å². The lowest BCUT2D eigenvalue weighted by Crippen LogP contribution is -2.37. The lowest BCUT2D eigenvalue weighted by molar-refractivity contribution is -0.127. The van der Waals surface area contributed by atoms with Crippen LogP contribution in [0.1, 0.15) is 24.0 Å². The largest absolute Gasteiger partial charge is 0.483 e. The van der Waals surface area contributed by atoms with Crippen LogP contribution in [0.5, 0.6) is 5.75 Å². The Labute approximate surface area is 164 Å². The second-order valence-electron chi connectivity index (χ2n) is 7.19. The van der Waals surface area contributed by atoms with Crippen LogP contribution in [0, 0.1) is 6.92 Å². The number of nitrogens with one attached hydrogen (secondary N) is 1. The van der Waals surface area contributed by atoms with Crippen LogP contribution in [0.2, 0.25) is 0 Å². The molecule has 1 saturated heterocycles. The fourth-order valence-electron chi connectivity index (χ4n) is 3.69. The zero-order chi connectivity index (χ0) is 19.5. The van der Waals surface area contributed by atoms with Crippen LogP contribution >= 0.6 is 0 Å². The molecule has 1 unspecified atom stereocenters. The van der Waals surface area contributed by atoms with Crippen molar-refractivity contribution in [1.82, 2.24) is 0 Å². The number of nitrogens with zero attached hydrogens (tertiary/aromatic N) is 1. The fraction of sp³-hybridized carbons (Fsp3) is 0.364. The van der Waals surface area contributed by atoms with E-state index in [0.717, 1.165) is 36.1 Å². The number of benzene rings is 2. The Kier molecular flexibility index (Phi) is 5.30. The van der Waals surface area contributed by atoms with E-state index in [4.69, 9.17) is 9.47 Å². The zero-order valence-electron chi connectivity index (χ0n) is 15.9. The van der Waals surface area contributed by atoms with Gasteiger partial charge in [0.2, 0.25) is 0 Å². The average Bonchev–Trinajstić information content (AvgIpc) is 3.37. The molecule has 1 fully saturated rings. The van der Waals surface area contributed by atoms with Gasteiger partial charge in [-0.25, -0.2) is 0 Å². The first-order valence-corrected chi connectivity index (χ1v) is 9.66. The third kappa shape index (κ3) is 3.87. The highest BCUT2D eigenvalue weighted by Gasteiger charge is 2.32. The summed E-state index contributed by atoms with van der Waals surface area (Å²) in [5.41, 5.74) is 3.61. The second kappa shape index (κ2) is 8.02. The van der Waals surface area contributed by atoms with Crippen molar-refractivity contribution < 1.29 is 19.1 Å². The van der Waals surface area contributed by atoms with E-state index in [1.165, 1.54) is 0 Å². The van der Waals surface area contributed by atoms with Gasteiger partial charge in [-0.1, -0.05) is 24.3 Å². The van der Waals surface area contributed by atoms with Crippen LogP contribution in [-0.4, -0.2) is 37.7 Å². The number of para-hydroxylation sites is 1. The number of hydrogen-bond acceptors (Lipinski definition) is 4. The molecule has 6 nitrogen and oxygen atoms in total. The molecule has 28 heavy (non-hydrogen) atoms. The van der Waals surface area contributed by atoms with Gasteiger partial charge in [0.15, 0.2) is 6.61 Å². The molecule has 0 radical (unpaired) electrons. The second-order valence-corrected chi connectivity index (χ2v) is 7.19. The minimum absolute atomic E-state index is 0.0163. The molecule has 0 aliphatic carbocycles. The number of aryl methyl sites for hydroxylation is 1. The van der Waals surface area contributed by atoms with Crippen molar-refractivity contribution in [3.05, 3.63) is 53.6 Å². The molecule has 4 rings (SSSR count). The molecule has 2 aliphatic heterocycles. The number of anilines is 2. The van der Waals surface area contributed by atoms with Crippen LogP contribution < -0.4 is 15.0 Å². The van der Waals surface area contributed by atoms with Crippen LogP contribution in [0.15, 0.2) is 42.5 Å². The topological polar surface area (TPSA) is 67.9 Å². The van der Waals surface area contributed by atoms with E-state index in [1.807, 2.05) is 49.4 Å². The summed E-state index contributed by atoms with van der Waals surface area (Å²) in [5.74, 6) is 0.473. The summed E-state index contributed by atoms with van der Waals surface area (Å²) >= 11 is 0. The summed E-state index contributed by atoms with van der Waals surface area (Å²) in [6.07, 6.45) is 2.18. The van der Waals surface area contributed by atoms with Crippen molar-refractivity contribution in [2.75, 3.05) is 30.0 Å². The average molecular weight is 380 g/mol. The summed E-state index contributed by atoms with van der Waals surface area (Å²) in [4.78, 5) is 26.8. The van der Waals surface area contributed by atoms with E-state index in [2.05, 4.69) is 5.32 Å². The van der Waals surface area contributed by atoms with Gasteiger partial charge in [-0.3, -0.25) is 9.59 Å². The van der Waals surface area contributed by atoms with Gasteiger partial charge in [0.1, 0.15) is 11.9 Å². The van der Waals surface area contributed by atoms with Crippen LogP contribution in [0.25, 0.3) is 0 Å². The Morgan fingerprint density at radius 1 is 1.25 bits per heavy atom. The number of fused-ring (bicyclic) bond motifs is 1. The van der Waals surface area contributed by atoms with Gasteiger partial charge in [-0.15, -0.1) is 0 Å². The third-order valence-electron chi connectivity index (χ3n) is 5.19. The Balaban J connectivity index is 1.41. The van der Waals surface area contributed by atoms with E-state index in [1.54, 1.807) is 4.90 Å². The predicted octanol–water partition coefficient (Wildman–Crippen LogP) is 3.08. The molecule has 1 atom stereocenters. The molecule has 0 saturated carbocycles. The summed E-state index contributed by atoms with van der Waals surface area (Å²) < 4.78 is 11.1. The standard InChI is InChI=1S/C22H24N2O4/c1-15-5-2-3-6-19(15)28-14-21(25)23-17-9-8-16-10-11-24(18(16)13-17)22(26)20-7-4-12-27-20/h2-3,5-6,8-9,13,20H,4,7,10-12,14H2,1H3,(H,23,25). The number of ether oxygens (including phenoxy) is 2. The van der Waals surface area contributed by atoms with Crippen LogP contribution in [0.4, 0.5) is 11.4 Å². The number of carbonyl (C=O) groups is 2. The molecule has 2 aromatic rings. The smallest absolute Gasteiger partial charge is 0.262 e. The monoisotopic (exact) mass is 380 g/mol. The molecule has 2 heterocycles. The Morgan fingerprint density at radius 3 is 2.89 bits per heavy atom. The van der Waals surface area contributed by atoms with E-state index in [9.17, 15) is 9.59 Å². The molecule has 0 bridgehead atoms. The lowest BCUT2D eigenvalue weighted by atomic mass is 10.1. The molecule has 146 valence electrons. The van der Waals surface area contributed by atoms with E-state index in [-0.39, 0.29) is 24.5 Å². The van der Waals surface area contributed by atoms with Crippen molar-refractivity contribution in [2.24, 2.45) is 0 Å². The van der Waals surface area contributed by atoms with Crippen molar-refractivity contribution >= 4 is 23.2 Å². The van der Waals surface area contributed by atoms with Gasteiger partial charge in [0.05, 0.1) is 0 Å². The van der Waals surface area contributed by atoms with Crippen molar-refractivity contribution in [2.45, 2.75) is 32.3 Å². The fourth-order valence-corrected chi connectivity index (χ4v) is 3.69. The maximum absolute atomic E-state index is 12.7. The predicted molar refractivity (Wildman–Crippen MR) is 107 cm³/mol. The summed E-state index contributed by atoms with van der Waals surface area (Å²) in [7, 11) is 0. The van der Waals surface area contributed by atoms with E-state index >= 15 is 0 Å². The number of amides is 2. The summed E-state index contributed by atoms with van der Waals surface area (Å²) in [5, 5.41) is 2.86. The van der Waals surface area contributed by atoms with Crippen molar-refractivity contribution in [3.63, 3.8) is 0 Å². The summed E-state index contributed by atoms with van der Waals surface area (Å²) in [6.45, 7) is 3.17. The zero-order valence-corrected chi connectivity index (χ0v) is 15.9. The quantitative estimate of drug-likeness (QED) is 0.866. The van der Waals surface area contributed by atoms with Crippen LogP contribution in [-0.2, 0) is 20.7 Å². The molecule has 2 aliphatic rings. The molecule has 0 spiro atoms. The van der Waals surface area contributed by atoms with Gasteiger partial charge in [-0.05, 0) is 55.5 Å². The van der Waals surface area contributed by atoms with E-state index in [0.29, 0.717) is 24.6 Å². The molecular weight excluding hydrogens is 356 g/mol. The first-order valence-electron chi connectivity index (χ1n) is 9.66. The first kappa shape index (κ1) is 18.5. The van der Waals surface area contributed by atoms with Gasteiger partial charge >= 0.3 is 0 Å². The van der Waals surface area contributed by atoms with E-state index < -0.39 is 0 Å². The normalized spacial score (nSPS) is 18.0. The summed E-state index contributed by atoms with van der Waals surface area (Å²) in [6, 6.07) is 13.3. The molecule has 1 N–H and O–H groups in total. The highest BCUT2D eigenvalue weighted by molar-refractivity contribution is 6.00. The number of hydrogen-bond donors (Lipinski definition) is 1. The number of carbonyl (C=O) groups excluding carboxylic acids is 2. The van der Waals surface area contributed by atoms with Gasteiger partial charge < -0.3 is 19.7 Å². The maximum atomic E-state index is 12.7. The Morgan fingerprint density at radius 2 is 2.11 bits per heavy atom. The molecule has 6 heteroatoms. The molecule has 0 aromatic heterocycles. The SMILES string of the molecule is Cc1ccccc1OCC(=O)Nc1ccc2c(c1)N(C(=O)C1CCCO1)CC2.